The molecule has 0 radical (unpaired) electrons. The van der Waals surface area contributed by atoms with Crippen molar-refractivity contribution in [3.05, 3.63) is 57.8 Å². The highest BCUT2D eigenvalue weighted by molar-refractivity contribution is 7.90. The number of hydrogen-bond acceptors (Lipinski definition) is 16. The summed E-state index contributed by atoms with van der Waals surface area (Å²) < 4.78 is 79.0. The van der Waals surface area contributed by atoms with Crippen molar-refractivity contribution in [1.82, 2.24) is 38.6 Å². The van der Waals surface area contributed by atoms with Crippen molar-refractivity contribution in [2.75, 3.05) is 40.5 Å². The Morgan fingerprint density at radius 1 is 0.770 bits per heavy atom. The molecule has 8 rings (SSSR count). The fourth-order valence-corrected chi connectivity index (χ4v) is 11.6. The number of ether oxygens (including phenoxy) is 3. The van der Waals surface area contributed by atoms with Gasteiger partial charge in [-0.2, -0.15) is 10.2 Å². The molecule has 6 aromatic rings. The molecule has 3 N–H and O–H groups in total. The van der Waals surface area contributed by atoms with E-state index >= 15 is 0 Å². The van der Waals surface area contributed by atoms with Crippen LogP contribution in [0.4, 0.5) is 0 Å². The lowest BCUT2D eigenvalue weighted by molar-refractivity contribution is -0.395. The molecule has 1 saturated heterocycles. The Balaban J connectivity index is 0.904. The SMILES string of the molecule is COc1ccc(-c2c(C)nc3sc(C(C)(C)OO[C@H]4C[C@@H](CNS(=O)(=O)c5cc(-c6c(C)nc7sc(C(C)(C)O)nn67)ccc5OC)C4)nn23)cc1S(=O)(=O)NCC1COC1. The number of rotatable bonds is 17. The van der Waals surface area contributed by atoms with Crippen LogP contribution < -0.4 is 18.9 Å². The average Bonchev–Trinajstić information content (AvgIpc) is 3.92. The number of hydrogen-bond donors (Lipinski definition) is 3. The molecule has 61 heavy (non-hydrogen) atoms. The van der Waals surface area contributed by atoms with Crippen LogP contribution in [0.25, 0.3) is 32.4 Å². The van der Waals surface area contributed by atoms with E-state index in [4.69, 9.17) is 34.1 Å². The minimum absolute atomic E-state index is 0.00180. The largest absolute Gasteiger partial charge is 0.495 e. The molecule has 2 fully saturated rings. The third kappa shape index (κ3) is 8.54. The topological polar surface area (TPSA) is 219 Å². The molecule has 4 aromatic heterocycles. The summed E-state index contributed by atoms with van der Waals surface area (Å²) in [4.78, 5) is 22.3. The maximum atomic E-state index is 13.7. The molecule has 1 aliphatic heterocycles. The van der Waals surface area contributed by atoms with Crippen molar-refractivity contribution in [3.63, 3.8) is 0 Å². The summed E-state index contributed by atoms with van der Waals surface area (Å²) in [7, 11) is -5.06. The molecule has 0 atom stereocenters. The molecule has 18 nitrogen and oxygen atoms in total. The van der Waals surface area contributed by atoms with E-state index in [0.717, 1.165) is 0 Å². The highest BCUT2D eigenvalue weighted by Crippen LogP contribution is 2.39. The average molecular weight is 917 g/mol. The third-order valence-electron chi connectivity index (χ3n) is 10.7. The lowest BCUT2D eigenvalue weighted by Gasteiger charge is -2.35. The Kier molecular flexibility index (Phi) is 11.6. The minimum Gasteiger partial charge on any atom is -0.495 e. The Morgan fingerprint density at radius 2 is 1.25 bits per heavy atom. The van der Waals surface area contributed by atoms with E-state index in [-0.39, 0.29) is 52.3 Å². The van der Waals surface area contributed by atoms with Gasteiger partial charge in [0.2, 0.25) is 30.0 Å². The number of sulfonamides is 2. The van der Waals surface area contributed by atoms with Gasteiger partial charge in [-0.3, -0.25) is 0 Å². The fourth-order valence-electron chi connectivity index (χ4n) is 7.08. The van der Waals surface area contributed by atoms with E-state index in [1.807, 2.05) is 27.7 Å². The van der Waals surface area contributed by atoms with Gasteiger partial charge in [0.05, 0.1) is 56.3 Å². The molecule has 1 aliphatic carbocycles. The van der Waals surface area contributed by atoms with Crippen LogP contribution in [0, 0.1) is 25.7 Å². The molecule has 0 spiro atoms. The Bertz CT molecular complexity index is 2830. The molecule has 5 heterocycles. The quantitative estimate of drug-likeness (QED) is 0.0815. The number of nitrogens with zero attached hydrogens (tertiary/aromatic N) is 6. The van der Waals surface area contributed by atoms with Crippen LogP contribution in [0.3, 0.4) is 0 Å². The second-order valence-corrected chi connectivity index (χ2v) is 21.7. The van der Waals surface area contributed by atoms with Gasteiger partial charge < -0.3 is 19.3 Å². The van der Waals surface area contributed by atoms with Crippen molar-refractivity contribution < 1.29 is 45.9 Å². The summed E-state index contributed by atoms with van der Waals surface area (Å²) in [5.74, 6) is 0.538. The third-order valence-corrected chi connectivity index (χ3v) is 16.0. The van der Waals surface area contributed by atoms with Gasteiger partial charge >= 0.3 is 0 Å². The maximum absolute atomic E-state index is 13.7. The summed E-state index contributed by atoms with van der Waals surface area (Å²) in [6.07, 6.45) is 0.858. The smallest absolute Gasteiger partial charge is 0.244 e. The van der Waals surface area contributed by atoms with Crippen LogP contribution in [0.5, 0.6) is 11.5 Å². The van der Waals surface area contributed by atoms with Crippen molar-refractivity contribution in [3.8, 4) is 34.0 Å². The number of aryl methyl sites for hydroxylation is 2. The first-order valence-corrected chi connectivity index (χ1v) is 24.1. The Labute approximate surface area is 361 Å². The van der Waals surface area contributed by atoms with Gasteiger partial charge in [-0.05, 0) is 96.7 Å². The predicted molar refractivity (Wildman–Crippen MR) is 227 cm³/mol. The molecular formula is C39H48N8O10S4. The summed E-state index contributed by atoms with van der Waals surface area (Å²) in [5.41, 5.74) is 1.62. The standard InChI is InChI=1S/C39H48N8O10S4/c1-21-32(46-36(42-21)58-34(44-46)38(3,4)48)25-9-11-28(53-7)30(15-25)60(49,50)40-17-23-13-27(14-23)56-57-39(5,6)35-45-47-33(22(2)43-37(47)59-35)26-10-12-29(54-8)31(16-26)61(51,52)41-18-24-19-55-20-24/h9-12,15-16,23-24,27,40-41,48H,13-14,17-20H2,1-8H3/t23-,27+. The van der Waals surface area contributed by atoms with E-state index in [1.54, 1.807) is 59.3 Å². The van der Waals surface area contributed by atoms with Gasteiger partial charge in [0.1, 0.15) is 31.9 Å². The zero-order valence-electron chi connectivity index (χ0n) is 34.9. The first-order chi connectivity index (χ1) is 28.8. The molecule has 22 heteroatoms. The number of benzene rings is 2. The first-order valence-electron chi connectivity index (χ1n) is 19.5. The highest BCUT2D eigenvalue weighted by Gasteiger charge is 2.37. The molecule has 328 valence electrons. The van der Waals surface area contributed by atoms with Crippen LogP contribution in [0.1, 0.15) is 61.9 Å². The minimum atomic E-state index is -4.01. The Hall–Kier alpha value is -4.10. The fraction of sp³-hybridized carbons (Fsp3) is 0.487. The zero-order chi connectivity index (χ0) is 43.6. The van der Waals surface area contributed by atoms with Crippen LogP contribution >= 0.6 is 22.7 Å². The zero-order valence-corrected chi connectivity index (χ0v) is 38.1. The van der Waals surface area contributed by atoms with Crippen molar-refractivity contribution in [1.29, 1.82) is 0 Å². The predicted octanol–water partition coefficient (Wildman–Crippen LogP) is 4.96. The van der Waals surface area contributed by atoms with Crippen LogP contribution in [-0.2, 0) is 45.8 Å². The van der Waals surface area contributed by atoms with Crippen molar-refractivity contribution in [2.24, 2.45) is 11.8 Å². The van der Waals surface area contributed by atoms with E-state index < -0.39 is 31.2 Å². The lowest BCUT2D eigenvalue weighted by atomic mass is 9.83. The molecular weight excluding hydrogens is 869 g/mol. The number of nitrogens with one attached hydrogen (secondary N) is 2. The maximum Gasteiger partial charge on any atom is 0.244 e. The van der Waals surface area contributed by atoms with Gasteiger partial charge in [-0.25, -0.2) is 55.1 Å². The van der Waals surface area contributed by atoms with Gasteiger partial charge in [0.25, 0.3) is 0 Å². The van der Waals surface area contributed by atoms with Crippen LogP contribution in [-0.4, -0.2) is 97.8 Å². The number of aromatic nitrogens is 6. The summed E-state index contributed by atoms with van der Waals surface area (Å²) >= 11 is 2.60. The molecule has 1 saturated carbocycles. The van der Waals surface area contributed by atoms with Gasteiger partial charge in [-0.15, -0.1) is 0 Å². The van der Waals surface area contributed by atoms with Gasteiger partial charge in [0, 0.05) is 30.1 Å². The number of imidazole rings is 2. The van der Waals surface area contributed by atoms with Crippen LogP contribution in [0.15, 0.2) is 46.2 Å². The molecule has 2 aromatic carbocycles. The molecule has 0 unspecified atom stereocenters. The second kappa shape index (κ2) is 16.2. The van der Waals surface area contributed by atoms with E-state index in [2.05, 4.69) is 19.5 Å². The van der Waals surface area contributed by atoms with E-state index in [9.17, 15) is 21.9 Å². The number of aliphatic hydroxyl groups is 1. The second-order valence-electron chi connectivity index (χ2n) is 16.3. The number of fused-ring (bicyclic) bond motifs is 2. The molecule has 2 aliphatic rings. The summed E-state index contributed by atoms with van der Waals surface area (Å²) in [6, 6.07) is 9.87. The monoisotopic (exact) mass is 916 g/mol. The molecule has 0 bridgehead atoms. The highest BCUT2D eigenvalue weighted by atomic mass is 32.2. The van der Waals surface area contributed by atoms with Gasteiger partial charge in [0.15, 0.2) is 10.6 Å². The summed E-state index contributed by atoms with van der Waals surface area (Å²) in [5, 5.41) is 21.0. The van der Waals surface area contributed by atoms with Crippen LogP contribution in [0.2, 0.25) is 0 Å². The Morgan fingerprint density at radius 3 is 1.70 bits per heavy atom. The van der Waals surface area contributed by atoms with E-state index in [0.29, 0.717) is 79.9 Å². The first kappa shape index (κ1) is 43.5. The lowest BCUT2D eigenvalue weighted by Crippen LogP contribution is -2.40. The van der Waals surface area contributed by atoms with Crippen molar-refractivity contribution >= 4 is 52.6 Å². The van der Waals surface area contributed by atoms with Gasteiger partial charge in [-0.1, -0.05) is 22.7 Å². The normalized spacial score (nSPS) is 17.9. The van der Waals surface area contributed by atoms with E-state index in [1.165, 1.54) is 36.9 Å². The molecule has 0 amide bonds. The summed E-state index contributed by atoms with van der Waals surface area (Å²) in [6.45, 7) is 12.1. The number of methoxy groups -OCH3 is 2. The van der Waals surface area contributed by atoms with Crippen molar-refractivity contribution in [2.45, 2.75) is 81.5 Å².